The van der Waals surface area contributed by atoms with E-state index < -0.39 is 17.8 Å². The number of aryl methyl sites for hydroxylation is 1. The normalized spacial score (nSPS) is 14.9. The number of rotatable bonds is 2. The van der Waals surface area contributed by atoms with Crippen LogP contribution in [-0.4, -0.2) is 31.0 Å². The van der Waals surface area contributed by atoms with Crippen molar-refractivity contribution in [2.75, 3.05) is 24.7 Å². The van der Waals surface area contributed by atoms with Crippen LogP contribution in [-0.2, 0) is 17.3 Å². The molecule has 0 unspecified atom stereocenters. The zero-order valence-corrected chi connectivity index (χ0v) is 10.6. The lowest BCUT2D eigenvalue weighted by Gasteiger charge is -2.29. The Labute approximate surface area is 113 Å². The van der Waals surface area contributed by atoms with Crippen molar-refractivity contribution in [1.82, 2.24) is 0 Å². The number of carbonyl (C=O) groups excluding carboxylic acids is 1. The number of nitrogens with zero attached hydrogens (tertiary/aromatic N) is 1. The number of anilines is 1. The molecule has 0 aliphatic carbocycles. The van der Waals surface area contributed by atoms with E-state index in [1.807, 2.05) is 0 Å². The highest BCUT2D eigenvalue weighted by atomic mass is 19.4. The second kappa shape index (κ2) is 5.70. The molecule has 0 spiro atoms. The first-order valence-corrected chi connectivity index (χ1v) is 6.19. The van der Waals surface area contributed by atoms with Crippen LogP contribution in [0.1, 0.15) is 17.5 Å². The van der Waals surface area contributed by atoms with Crippen LogP contribution in [0.15, 0.2) is 18.2 Å². The Hall–Kier alpha value is -1.76. The van der Waals surface area contributed by atoms with Crippen molar-refractivity contribution in [1.29, 1.82) is 0 Å². The van der Waals surface area contributed by atoms with Gasteiger partial charge in [0.25, 0.3) is 0 Å². The highest BCUT2D eigenvalue weighted by molar-refractivity contribution is 5.89. The van der Waals surface area contributed by atoms with Gasteiger partial charge in [-0.25, -0.2) is 4.79 Å². The lowest BCUT2D eigenvalue weighted by Crippen LogP contribution is -2.36. The van der Waals surface area contributed by atoms with Crippen molar-refractivity contribution < 1.29 is 27.8 Å². The molecule has 1 aliphatic heterocycles. The van der Waals surface area contributed by atoms with Crippen molar-refractivity contribution in [2.45, 2.75) is 19.0 Å². The van der Waals surface area contributed by atoms with Gasteiger partial charge in [0.15, 0.2) is 0 Å². The molecule has 1 aromatic carbocycles. The molecule has 0 fully saturated rings. The van der Waals surface area contributed by atoms with Crippen LogP contribution in [0.2, 0.25) is 0 Å². The van der Waals surface area contributed by atoms with Gasteiger partial charge < -0.3 is 9.84 Å². The van der Waals surface area contributed by atoms with Gasteiger partial charge in [-0.15, -0.1) is 0 Å². The monoisotopic (exact) mass is 289 g/mol. The van der Waals surface area contributed by atoms with Gasteiger partial charge in [0.1, 0.15) is 6.61 Å². The number of halogens is 3. The maximum Gasteiger partial charge on any atom is 0.416 e. The van der Waals surface area contributed by atoms with Crippen molar-refractivity contribution in [3.63, 3.8) is 0 Å². The Morgan fingerprint density at radius 1 is 1.40 bits per heavy atom. The van der Waals surface area contributed by atoms with E-state index in [-0.39, 0.29) is 13.2 Å². The molecule has 20 heavy (non-hydrogen) atoms. The fourth-order valence-electron chi connectivity index (χ4n) is 2.17. The third-order valence-electron chi connectivity index (χ3n) is 3.06. The highest BCUT2D eigenvalue weighted by Crippen LogP contribution is 2.35. The highest BCUT2D eigenvalue weighted by Gasteiger charge is 2.32. The third-order valence-corrected chi connectivity index (χ3v) is 3.06. The molecule has 1 N–H and O–H groups in total. The minimum Gasteiger partial charge on any atom is -0.447 e. The summed E-state index contributed by atoms with van der Waals surface area (Å²) < 4.78 is 42.7. The molecule has 2 rings (SSSR count). The van der Waals surface area contributed by atoms with Gasteiger partial charge in [0.2, 0.25) is 0 Å². The van der Waals surface area contributed by atoms with E-state index >= 15 is 0 Å². The maximum absolute atomic E-state index is 12.6. The van der Waals surface area contributed by atoms with Crippen molar-refractivity contribution in [3.05, 3.63) is 29.3 Å². The molecule has 0 saturated carbocycles. The lowest BCUT2D eigenvalue weighted by atomic mass is 9.99. The first-order chi connectivity index (χ1) is 9.43. The Kier molecular flexibility index (Phi) is 4.17. The van der Waals surface area contributed by atoms with Gasteiger partial charge in [0, 0.05) is 6.54 Å². The van der Waals surface area contributed by atoms with Crippen LogP contribution in [0.25, 0.3) is 0 Å². The Balaban J connectivity index is 2.26. The Morgan fingerprint density at radius 3 is 2.80 bits per heavy atom. The quantitative estimate of drug-likeness (QED) is 0.910. The topological polar surface area (TPSA) is 49.8 Å². The number of hydrogen-bond donors (Lipinski definition) is 1. The van der Waals surface area contributed by atoms with Crippen LogP contribution < -0.4 is 4.90 Å². The first kappa shape index (κ1) is 14.6. The van der Waals surface area contributed by atoms with Gasteiger partial charge in [-0.2, -0.15) is 13.2 Å². The summed E-state index contributed by atoms with van der Waals surface area (Å²) in [5, 5.41) is 8.61. The predicted molar refractivity (Wildman–Crippen MR) is 65.5 cm³/mol. The summed E-state index contributed by atoms with van der Waals surface area (Å²) in [6.07, 6.45) is -3.99. The number of aliphatic hydroxyl groups excluding tert-OH is 1. The Morgan fingerprint density at radius 2 is 2.15 bits per heavy atom. The third kappa shape index (κ3) is 3.04. The molecular formula is C13H14F3NO3. The van der Waals surface area contributed by atoms with Gasteiger partial charge in [-0.05, 0) is 36.6 Å². The molecule has 0 saturated heterocycles. The number of hydrogen-bond acceptors (Lipinski definition) is 3. The lowest BCUT2D eigenvalue weighted by molar-refractivity contribution is -0.137. The SMILES string of the molecule is O=C(OCCO)N1CCCc2cc(C(F)(F)F)ccc21. The van der Waals surface area contributed by atoms with Crippen LogP contribution in [0.4, 0.5) is 23.7 Å². The summed E-state index contributed by atoms with van der Waals surface area (Å²) in [4.78, 5) is 13.1. The van der Waals surface area contributed by atoms with Gasteiger partial charge in [0.05, 0.1) is 17.9 Å². The number of carbonyl (C=O) groups is 1. The molecule has 1 amide bonds. The summed E-state index contributed by atoms with van der Waals surface area (Å²) in [6, 6.07) is 3.31. The minimum atomic E-state index is -4.39. The number of amides is 1. The fourth-order valence-corrected chi connectivity index (χ4v) is 2.17. The van der Waals surface area contributed by atoms with Crippen molar-refractivity contribution in [3.8, 4) is 0 Å². The summed E-state index contributed by atoms with van der Waals surface area (Å²) >= 11 is 0. The number of ether oxygens (including phenoxy) is 1. The molecule has 1 heterocycles. The smallest absolute Gasteiger partial charge is 0.416 e. The molecule has 7 heteroatoms. The van der Waals surface area contributed by atoms with Crippen LogP contribution in [0.3, 0.4) is 0 Å². The van der Waals surface area contributed by atoms with Crippen LogP contribution in [0, 0.1) is 0 Å². The molecule has 110 valence electrons. The van der Waals surface area contributed by atoms with E-state index in [1.54, 1.807) is 0 Å². The van der Waals surface area contributed by atoms with Gasteiger partial charge in [-0.3, -0.25) is 4.90 Å². The summed E-state index contributed by atoms with van der Waals surface area (Å²) in [5.41, 5.74) is 0.195. The molecule has 0 aromatic heterocycles. The van der Waals surface area contributed by atoms with Gasteiger partial charge >= 0.3 is 12.3 Å². The van der Waals surface area contributed by atoms with Crippen molar-refractivity contribution >= 4 is 11.8 Å². The zero-order chi connectivity index (χ0) is 14.8. The second-order valence-corrected chi connectivity index (χ2v) is 4.43. The standard InChI is InChI=1S/C13H14F3NO3/c14-13(15,16)10-3-4-11-9(8-10)2-1-5-17(11)12(19)20-7-6-18/h3-4,8,18H,1-2,5-7H2. The van der Waals surface area contributed by atoms with E-state index in [9.17, 15) is 18.0 Å². The predicted octanol–water partition coefficient (Wildman–Crippen LogP) is 2.59. The minimum absolute atomic E-state index is 0.134. The number of fused-ring (bicyclic) bond motifs is 1. The fraction of sp³-hybridized carbons (Fsp3) is 0.462. The number of benzene rings is 1. The molecule has 0 radical (unpaired) electrons. The van der Waals surface area contributed by atoms with Crippen LogP contribution in [0.5, 0.6) is 0 Å². The largest absolute Gasteiger partial charge is 0.447 e. The summed E-state index contributed by atoms with van der Waals surface area (Å²) in [7, 11) is 0. The number of aliphatic hydroxyl groups is 1. The van der Waals surface area contributed by atoms with E-state index in [0.717, 1.165) is 12.1 Å². The van der Waals surface area contributed by atoms with E-state index in [0.29, 0.717) is 30.6 Å². The van der Waals surface area contributed by atoms with Gasteiger partial charge in [-0.1, -0.05) is 0 Å². The first-order valence-electron chi connectivity index (χ1n) is 6.19. The molecule has 0 atom stereocenters. The molecule has 4 nitrogen and oxygen atoms in total. The van der Waals surface area contributed by atoms with Crippen molar-refractivity contribution in [2.24, 2.45) is 0 Å². The zero-order valence-electron chi connectivity index (χ0n) is 10.6. The maximum atomic E-state index is 12.6. The molecule has 0 bridgehead atoms. The van der Waals surface area contributed by atoms with E-state index in [4.69, 9.17) is 9.84 Å². The summed E-state index contributed by atoms with van der Waals surface area (Å²) in [6.45, 7) is -0.0343. The number of alkyl halides is 3. The van der Waals surface area contributed by atoms with E-state index in [1.165, 1.54) is 11.0 Å². The average molecular weight is 289 g/mol. The summed E-state index contributed by atoms with van der Waals surface area (Å²) in [5.74, 6) is 0. The Bertz CT molecular complexity index is 502. The van der Waals surface area contributed by atoms with E-state index in [2.05, 4.69) is 0 Å². The molecular weight excluding hydrogens is 275 g/mol. The van der Waals surface area contributed by atoms with Crippen LogP contribution >= 0.6 is 0 Å². The second-order valence-electron chi connectivity index (χ2n) is 4.43. The molecule has 1 aliphatic rings. The average Bonchev–Trinajstić information content (AvgIpc) is 2.42. The molecule has 1 aromatic rings.